The van der Waals surface area contributed by atoms with E-state index in [0.29, 0.717) is 101 Å². The first kappa shape index (κ1) is 127. The van der Waals surface area contributed by atoms with Crippen molar-refractivity contribution in [2.45, 2.75) is 233 Å². The number of pyridine rings is 1. The van der Waals surface area contributed by atoms with E-state index in [0.717, 1.165) is 56.9 Å². The summed E-state index contributed by atoms with van der Waals surface area (Å²) in [4.78, 5) is 185. The van der Waals surface area contributed by atoms with E-state index < -0.39 is 94.9 Å². The van der Waals surface area contributed by atoms with E-state index in [1.54, 1.807) is 119 Å². The number of ether oxygens (including phenoxy) is 9. The number of hydrogen-bond donors (Lipinski definition) is 9. The van der Waals surface area contributed by atoms with Crippen LogP contribution < -0.4 is 63.7 Å². The Morgan fingerprint density at radius 3 is 1.33 bits per heavy atom. The number of hydroxylamine groups is 2. The number of rotatable bonds is 46. The number of nitrogens with two attached hydrogens (primary N) is 2. The van der Waals surface area contributed by atoms with Crippen LogP contribution in [0.1, 0.15) is 206 Å². The van der Waals surface area contributed by atoms with Crippen molar-refractivity contribution in [1.82, 2.24) is 35.8 Å². The van der Waals surface area contributed by atoms with Crippen molar-refractivity contribution >= 4 is 117 Å². The largest absolute Gasteiger partial charge is 1.00 e. The van der Waals surface area contributed by atoms with E-state index in [-0.39, 0.29) is 138 Å². The molecule has 4 rings (SSSR count). The van der Waals surface area contributed by atoms with E-state index in [1.165, 1.54) is 4.90 Å². The van der Waals surface area contributed by atoms with Crippen LogP contribution in [-0.4, -0.2) is 284 Å². The Morgan fingerprint density at radius 1 is 0.531 bits per heavy atom. The Kier molecular flexibility index (Phi) is 74.0. The predicted molar refractivity (Wildman–Crippen MR) is 463 cm³/mol. The minimum absolute atomic E-state index is 0. The molecule has 730 valence electrons. The number of benzene rings is 1. The molecule has 1 aromatic carbocycles. The zero-order valence-electron chi connectivity index (χ0n) is 76.8. The Balaban J connectivity index is -0.000000477. The van der Waals surface area contributed by atoms with E-state index in [4.69, 9.17) is 64.9 Å². The van der Waals surface area contributed by atoms with Gasteiger partial charge in [0.05, 0.1) is 26.2 Å². The van der Waals surface area contributed by atoms with Gasteiger partial charge in [-0.3, -0.25) is 48.0 Å². The highest BCUT2D eigenvalue weighted by atomic mass is 35.5. The number of hydrogen-bond acceptors (Lipinski definition) is 35. The number of imide groups is 1. The van der Waals surface area contributed by atoms with Crippen molar-refractivity contribution < 1.29 is 171 Å². The van der Waals surface area contributed by atoms with Crippen LogP contribution in [0.15, 0.2) is 64.9 Å². The molecule has 3 heterocycles. The van der Waals surface area contributed by atoms with Crippen LogP contribution in [0.3, 0.4) is 0 Å². The predicted octanol–water partition coefficient (Wildman–Crippen LogP) is -1.67. The van der Waals surface area contributed by atoms with Gasteiger partial charge in [-0.25, -0.2) is 33.8 Å². The van der Waals surface area contributed by atoms with Crippen LogP contribution in [0, 0.1) is 11.3 Å². The van der Waals surface area contributed by atoms with Gasteiger partial charge in [-0.15, -0.1) is 5.06 Å². The third-order valence-corrected chi connectivity index (χ3v) is 16.3. The van der Waals surface area contributed by atoms with Crippen LogP contribution in [-0.2, 0) is 119 Å². The number of carbonyl (C=O) groups is 15. The lowest BCUT2D eigenvalue weighted by Crippen LogP contribution is -3.00. The Labute approximate surface area is 771 Å². The van der Waals surface area contributed by atoms with Crippen molar-refractivity contribution in [3.8, 4) is 6.07 Å². The molecule has 2 saturated heterocycles. The topological polar surface area (TPSA) is 600 Å². The molecule has 5 amide bonds. The molecule has 41 nitrogen and oxygen atoms in total. The molecular formula is C83H139Cl2N13O28S2. The number of unbranched alkanes of at least 4 members (excludes halogenated alkanes) is 2. The summed E-state index contributed by atoms with van der Waals surface area (Å²) in [7, 11) is 3.14. The molecule has 15 N–H and O–H groups in total. The monoisotopic (exact) mass is 1900 g/mol. The lowest BCUT2D eigenvalue weighted by Gasteiger charge is -2.24. The molecule has 2 aliphatic rings. The number of esters is 6. The molecule has 0 spiro atoms. The number of amides is 5. The first-order valence-electron chi connectivity index (χ1n) is 41.2. The zero-order chi connectivity index (χ0) is 96.2. The molecule has 45 heteroatoms. The smallest absolute Gasteiger partial charge is 0.535 e. The number of nitrogens with one attached hydrogen (secondary N) is 3. The van der Waals surface area contributed by atoms with E-state index in [1.807, 2.05) is 71.9 Å². The first-order valence-corrected chi connectivity index (χ1v) is 43.5. The molecular weight excluding hydrogens is 1760 g/mol. The van der Waals surface area contributed by atoms with Gasteiger partial charge in [0.1, 0.15) is 78.7 Å². The number of quaternary nitrogens is 2. The maximum atomic E-state index is 12.3. The maximum absolute atomic E-state index is 12.3. The molecule has 2 aromatic rings. The summed E-state index contributed by atoms with van der Waals surface area (Å²) in [6.07, 6.45) is 6.95. The second kappa shape index (κ2) is 74.5. The van der Waals surface area contributed by atoms with Gasteiger partial charge in [0.2, 0.25) is 17.7 Å². The molecule has 2 aliphatic heterocycles. The van der Waals surface area contributed by atoms with Crippen molar-refractivity contribution in [2.24, 2.45) is 16.6 Å². The number of carbonyl (C=O) groups excluding carboxylic acids is 13. The second-order valence-corrected chi connectivity index (χ2v) is 34.4. The Morgan fingerprint density at radius 2 is 0.945 bits per heavy atom. The lowest BCUT2D eigenvalue weighted by molar-refractivity contribution is -0.376. The lowest BCUT2D eigenvalue weighted by atomic mass is 10.1. The molecule has 2 fully saturated rings. The zero-order valence-corrected chi connectivity index (χ0v) is 79.9. The number of aromatic nitrogens is 1. The average molecular weight is 1900 g/mol. The normalized spacial score (nSPS) is 12.2. The van der Waals surface area contributed by atoms with Crippen LogP contribution in [0.25, 0.3) is 0 Å². The molecule has 0 aliphatic carbocycles. The van der Waals surface area contributed by atoms with Crippen molar-refractivity contribution in [1.29, 1.82) is 5.26 Å². The Bertz CT molecular complexity index is 3530. The summed E-state index contributed by atoms with van der Waals surface area (Å²) in [5.41, 5.74) is 15.6. The number of halogens is 2. The van der Waals surface area contributed by atoms with Gasteiger partial charge >= 0.3 is 59.9 Å². The van der Waals surface area contributed by atoms with Crippen molar-refractivity contribution in [3.05, 3.63) is 60.3 Å². The van der Waals surface area contributed by atoms with Gasteiger partial charge in [0.25, 0.3) is 11.8 Å². The van der Waals surface area contributed by atoms with Crippen LogP contribution in [0.5, 0.6) is 0 Å². The summed E-state index contributed by atoms with van der Waals surface area (Å²) >= 11 is 0. The van der Waals surface area contributed by atoms with E-state index >= 15 is 0 Å². The molecule has 1 aromatic heterocycles. The van der Waals surface area contributed by atoms with Crippen LogP contribution >= 0.6 is 21.6 Å². The summed E-state index contributed by atoms with van der Waals surface area (Å²) in [5.74, 6) is -5.98. The minimum Gasteiger partial charge on any atom is -1.00 e. The quantitative estimate of drug-likeness (QED) is 0.00412. The standard InChI is InChI=1S/C20H35NO8.C18H23N3O5S2.C16H31NO4.C13H14N2O3.C8H17N3O4.C4H13N3.C4H4O4.2ClH/c1-19(2,3)28-17(25)9-7-11-21(15(22)13-27-14-16(23)24)12-8-10-18(26)29-20(4,5)6;22-14(10-13-27-28-15-6-3-5-12-20-15)19-11-4-1-2-7-18(25)26-21-16(23)8-9-17(21)24;1-15(2,3)20-13(18)9-7-11-17-12-8-10-14(19)21-16(4,5)6;1-13(2,3)17-12(16)18-15-11(9-14)10-7-5-4-6-8-10;9-1-3-11(4-2-10)7(12)5-15-6-8(13)14;5-1-3-7-4-2-6;5-3-1-7-2-4(6)8-3;;/h7-14H2,1-6H3,(H,23,24);3,5-6,12H,1-2,4,7-11,13H2,(H,19,22);17H,7-12H2,1-6H3;4-8H,1-3H3;1-6,9-10H2,(H,13,14);7H,1-6H2;1-2H2;2*1H/b;;;15-11+;;;;;. The van der Waals surface area contributed by atoms with Gasteiger partial charge in [-0.1, -0.05) is 58.8 Å². The molecule has 0 atom stereocenters. The number of nitrogens with zero attached hydrogens (tertiary/aromatic N) is 6. The fraction of sp³-hybridized carbons (Fsp3) is 0.663. The highest BCUT2D eigenvalue weighted by Gasteiger charge is 2.33. The van der Waals surface area contributed by atoms with Gasteiger partial charge in [-0.05, 0) is 178 Å². The average Bonchev–Trinajstić information content (AvgIpc) is 1.75. The second-order valence-electron chi connectivity index (χ2n) is 31.9. The van der Waals surface area contributed by atoms with Crippen molar-refractivity contribution in [3.63, 3.8) is 0 Å². The number of nitriles is 1. The van der Waals surface area contributed by atoms with Crippen LogP contribution in [0.2, 0.25) is 0 Å². The van der Waals surface area contributed by atoms with Gasteiger partial charge in [0, 0.05) is 115 Å². The van der Waals surface area contributed by atoms with Crippen molar-refractivity contribution in [2.75, 3.05) is 130 Å². The Hall–Kier alpha value is -9.30. The molecule has 0 radical (unpaired) electrons. The summed E-state index contributed by atoms with van der Waals surface area (Å²) in [6.45, 7) is 33.1. The molecule has 0 unspecified atom stereocenters. The number of carboxylic acid groups (broad SMARTS) is 2. The maximum Gasteiger partial charge on any atom is 0.535 e. The third kappa shape index (κ3) is 82.4. The van der Waals surface area contributed by atoms with Gasteiger partial charge in [0.15, 0.2) is 5.71 Å². The number of aliphatic carboxylic acids is 2. The fourth-order valence-electron chi connectivity index (χ4n) is 9.12. The first-order chi connectivity index (χ1) is 59.0. The third-order valence-electron chi connectivity index (χ3n) is 14.1. The highest BCUT2D eigenvalue weighted by molar-refractivity contribution is 8.76. The van der Waals surface area contributed by atoms with Gasteiger partial charge in [-0.2, -0.15) is 5.26 Å². The van der Waals surface area contributed by atoms with Gasteiger partial charge < -0.3 is 131 Å². The molecule has 0 bridgehead atoms. The highest BCUT2D eigenvalue weighted by Crippen LogP contribution is 2.29. The number of oxime groups is 1. The van der Waals surface area contributed by atoms with E-state index in [2.05, 4.69) is 51.9 Å². The number of carboxylic acids is 2. The minimum atomic E-state index is -1.17. The molecule has 0 saturated carbocycles. The summed E-state index contributed by atoms with van der Waals surface area (Å²) < 4.78 is 43.9. The SMILES string of the molecule is CC(C)(C)OC(=O)CCCN(CCCC(=O)OC(C)(C)C)C(=O)COCC(=O)O.CC(C)(C)OC(=O)CCCNCCCC(=O)OC(C)(C)C.CC(C)(C)OC(=O)O/N=C(\C#N)c1ccccc1.NCCNCCN.O=C(CCSSc1ccccn1)NCCCCCC(=O)ON1C(=O)CCC1=O.O=C1COCC(=O)O1.[Cl-].[Cl-].[NH3+]CCN(CC[NH3+])C(=O)COCC(=O)O. The van der Waals surface area contributed by atoms with E-state index in [9.17, 15) is 71.9 Å². The summed E-state index contributed by atoms with van der Waals surface area (Å²) in [6, 6.07) is 16.3. The fourth-order valence-corrected chi connectivity index (χ4v) is 11.0. The molecule has 128 heavy (non-hydrogen) atoms. The summed E-state index contributed by atoms with van der Waals surface area (Å²) in [5, 5.41) is 39.9. The van der Waals surface area contributed by atoms with Crippen LogP contribution in [0.4, 0.5) is 4.79 Å². The number of cyclic esters (lactones) is 2.